The minimum Gasteiger partial charge on any atom is -0.381 e. The molecule has 0 aromatic heterocycles. The minimum absolute atomic E-state index is 0.0562. The highest BCUT2D eigenvalue weighted by atomic mass is 79.9. The van der Waals surface area contributed by atoms with Gasteiger partial charge < -0.3 is 9.47 Å². The van der Waals surface area contributed by atoms with Gasteiger partial charge in [0.15, 0.2) is 0 Å². The van der Waals surface area contributed by atoms with Crippen LogP contribution in [0.3, 0.4) is 0 Å². The summed E-state index contributed by atoms with van der Waals surface area (Å²) in [5.41, 5.74) is 0.600. The molecule has 0 spiro atoms. The van der Waals surface area contributed by atoms with Crippen molar-refractivity contribution in [3.8, 4) is 0 Å². The van der Waals surface area contributed by atoms with E-state index in [4.69, 9.17) is 14.6 Å². The molecule has 0 aliphatic carbocycles. The molecule has 0 radical (unpaired) electrons. The van der Waals surface area contributed by atoms with Crippen molar-refractivity contribution in [2.45, 2.75) is 19.4 Å². The first-order chi connectivity index (χ1) is 9.90. The molecule has 1 aliphatic rings. The quantitative estimate of drug-likeness (QED) is 0.822. The fraction of sp³-hybridized carbons (Fsp3) is 0.571. The van der Waals surface area contributed by atoms with Crippen molar-refractivity contribution >= 4 is 26.0 Å². The summed E-state index contributed by atoms with van der Waals surface area (Å²) in [4.78, 5) is 0. The van der Waals surface area contributed by atoms with Gasteiger partial charge in [0.25, 0.3) is 0 Å². The average Bonchev–Trinajstić information content (AvgIpc) is 2.40. The molecule has 1 saturated heterocycles. The lowest BCUT2D eigenvalue weighted by molar-refractivity contribution is -0.0325. The number of primary sulfonamides is 1. The van der Waals surface area contributed by atoms with Gasteiger partial charge in [-0.1, -0.05) is 34.1 Å². The van der Waals surface area contributed by atoms with E-state index in [0.29, 0.717) is 39.3 Å². The molecule has 2 rings (SSSR count). The molecule has 1 aliphatic heterocycles. The lowest BCUT2D eigenvalue weighted by atomic mass is 9.83. The monoisotopic (exact) mass is 377 g/mol. The van der Waals surface area contributed by atoms with Gasteiger partial charge in [-0.2, -0.15) is 0 Å². The van der Waals surface area contributed by atoms with Crippen molar-refractivity contribution < 1.29 is 17.9 Å². The largest absolute Gasteiger partial charge is 0.381 e. The highest BCUT2D eigenvalue weighted by Crippen LogP contribution is 2.32. The molecule has 0 saturated carbocycles. The molecule has 0 atom stereocenters. The maximum Gasteiger partial charge on any atom is 0.209 e. The van der Waals surface area contributed by atoms with Gasteiger partial charge >= 0.3 is 0 Å². The zero-order valence-electron chi connectivity index (χ0n) is 11.8. The SMILES string of the molecule is NS(=O)(=O)CC1(COCc2ccccc2Br)CCOCC1. The highest BCUT2D eigenvalue weighted by molar-refractivity contribution is 9.10. The van der Waals surface area contributed by atoms with E-state index in [1.807, 2.05) is 24.3 Å². The van der Waals surface area contributed by atoms with E-state index in [0.717, 1.165) is 10.0 Å². The topological polar surface area (TPSA) is 78.6 Å². The second kappa shape index (κ2) is 7.19. The standard InChI is InChI=1S/C14H20BrNO4S/c15-13-4-2-1-3-12(13)9-20-10-14(11-21(16,17)18)5-7-19-8-6-14/h1-4H,5-11H2,(H2,16,17,18). The summed E-state index contributed by atoms with van der Waals surface area (Å²) in [7, 11) is -3.53. The first-order valence-electron chi connectivity index (χ1n) is 6.80. The third kappa shape index (κ3) is 5.34. The molecule has 118 valence electrons. The number of nitrogens with two attached hydrogens (primary N) is 1. The summed E-state index contributed by atoms with van der Waals surface area (Å²) in [6.07, 6.45) is 1.30. The van der Waals surface area contributed by atoms with Crippen LogP contribution in [0.1, 0.15) is 18.4 Å². The van der Waals surface area contributed by atoms with Crippen LogP contribution in [0.5, 0.6) is 0 Å². The maximum atomic E-state index is 11.5. The van der Waals surface area contributed by atoms with Crippen molar-refractivity contribution in [2.24, 2.45) is 10.6 Å². The van der Waals surface area contributed by atoms with Crippen molar-refractivity contribution in [3.63, 3.8) is 0 Å². The third-order valence-electron chi connectivity index (χ3n) is 3.68. The summed E-state index contributed by atoms with van der Waals surface area (Å²) in [6.45, 7) is 1.91. The van der Waals surface area contributed by atoms with E-state index in [1.54, 1.807) is 0 Å². The van der Waals surface area contributed by atoms with Gasteiger partial charge in [0.2, 0.25) is 10.0 Å². The second-order valence-corrected chi connectivity index (χ2v) is 7.97. The Hall–Kier alpha value is -0.470. The first-order valence-corrected chi connectivity index (χ1v) is 9.30. The molecule has 21 heavy (non-hydrogen) atoms. The van der Waals surface area contributed by atoms with Crippen molar-refractivity contribution in [1.29, 1.82) is 0 Å². The molecule has 0 amide bonds. The van der Waals surface area contributed by atoms with E-state index in [9.17, 15) is 8.42 Å². The Labute approximate surface area is 134 Å². The van der Waals surface area contributed by atoms with E-state index in [1.165, 1.54) is 0 Å². The molecule has 5 nitrogen and oxygen atoms in total. The molecule has 7 heteroatoms. The van der Waals surface area contributed by atoms with Crippen LogP contribution in [-0.4, -0.2) is 34.0 Å². The van der Waals surface area contributed by atoms with E-state index >= 15 is 0 Å². The van der Waals surface area contributed by atoms with Crippen LogP contribution < -0.4 is 5.14 Å². The predicted molar refractivity (Wildman–Crippen MR) is 84.3 cm³/mol. The van der Waals surface area contributed by atoms with Gasteiger partial charge in [-0.15, -0.1) is 0 Å². The molecule has 0 bridgehead atoms. The summed E-state index contributed by atoms with van der Waals surface area (Å²) >= 11 is 3.47. The van der Waals surface area contributed by atoms with Crippen LogP contribution in [0.25, 0.3) is 0 Å². The molecule has 1 heterocycles. The number of rotatable bonds is 6. The van der Waals surface area contributed by atoms with Crippen LogP contribution in [0, 0.1) is 5.41 Å². The Balaban J connectivity index is 1.98. The zero-order chi connectivity index (χ0) is 15.3. The van der Waals surface area contributed by atoms with Crippen molar-refractivity contribution in [2.75, 3.05) is 25.6 Å². The van der Waals surface area contributed by atoms with Gasteiger partial charge in [-0.3, -0.25) is 0 Å². The molecule has 0 unspecified atom stereocenters. The molecule has 1 fully saturated rings. The van der Waals surface area contributed by atoms with Gasteiger partial charge in [0.05, 0.1) is 19.0 Å². The Bertz CT molecular complexity index is 570. The summed E-state index contributed by atoms with van der Waals surface area (Å²) in [5, 5.41) is 5.23. The smallest absolute Gasteiger partial charge is 0.209 e. The zero-order valence-corrected chi connectivity index (χ0v) is 14.2. The summed E-state index contributed by atoms with van der Waals surface area (Å²) in [5.74, 6) is -0.0562. The van der Waals surface area contributed by atoms with Crippen molar-refractivity contribution in [1.82, 2.24) is 0 Å². The number of hydrogen-bond acceptors (Lipinski definition) is 4. The Morgan fingerprint density at radius 1 is 1.29 bits per heavy atom. The summed E-state index contributed by atoms with van der Waals surface area (Å²) in [6, 6.07) is 7.81. The van der Waals surface area contributed by atoms with E-state index in [-0.39, 0.29) is 5.75 Å². The molecule has 1 aromatic rings. The lowest BCUT2D eigenvalue weighted by Gasteiger charge is -2.36. The lowest BCUT2D eigenvalue weighted by Crippen LogP contribution is -2.41. The molecule has 1 aromatic carbocycles. The Morgan fingerprint density at radius 2 is 1.95 bits per heavy atom. The molecular formula is C14H20BrNO4S. The Morgan fingerprint density at radius 3 is 2.57 bits per heavy atom. The number of hydrogen-bond donors (Lipinski definition) is 1. The fourth-order valence-corrected chi connectivity index (χ4v) is 4.18. The fourth-order valence-electron chi connectivity index (χ4n) is 2.55. The number of halogens is 1. The van der Waals surface area contributed by atoms with E-state index in [2.05, 4.69) is 15.9 Å². The van der Waals surface area contributed by atoms with Crippen molar-refractivity contribution in [3.05, 3.63) is 34.3 Å². The predicted octanol–water partition coefficient (Wildman–Crippen LogP) is 2.05. The number of benzene rings is 1. The van der Waals surface area contributed by atoms with Gasteiger partial charge in [0.1, 0.15) is 0 Å². The van der Waals surface area contributed by atoms with Crippen LogP contribution in [0.2, 0.25) is 0 Å². The van der Waals surface area contributed by atoms with Crippen LogP contribution >= 0.6 is 15.9 Å². The number of ether oxygens (including phenoxy) is 2. The maximum absolute atomic E-state index is 11.5. The molecular weight excluding hydrogens is 358 g/mol. The van der Waals surface area contributed by atoms with Gasteiger partial charge in [-0.05, 0) is 24.5 Å². The highest BCUT2D eigenvalue weighted by Gasteiger charge is 2.36. The van der Waals surface area contributed by atoms with Crippen LogP contribution in [0.4, 0.5) is 0 Å². The van der Waals surface area contributed by atoms with Crippen LogP contribution in [0.15, 0.2) is 28.7 Å². The average molecular weight is 378 g/mol. The number of sulfonamides is 1. The second-order valence-electron chi connectivity index (χ2n) is 5.50. The molecule has 2 N–H and O–H groups in total. The van der Waals surface area contributed by atoms with E-state index < -0.39 is 15.4 Å². The normalized spacial score (nSPS) is 18.6. The Kier molecular flexibility index (Phi) is 5.79. The first kappa shape index (κ1) is 16.9. The summed E-state index contributed by atoms with van der Waals surface area (Å²) < 4.78 is 35.0. The minimum atomic E-state index is -3.53. The van der Waals surface area contributed by atoms with Crippen LogP contribution in [-0.2, 0) is 26.1 Å². The van der Waals surface area contributed by atoms with Gasteiger partial charge in [0, 0.05) is 23.1 Å². The van der Waals surface area contributed by atoms with Gasteiger partial charge in [-0.25, -0.2) is 13.6 Å². The third-order valence-corrected chi connectivity index (χ3v) is 5.47.